The third kappa shape index (κ3) is 5.89. The first-order valence-corrected chi connectivity index (χ1v) is 18.3. The Bertz CT molecular complexity index is 1080. The first-order valence-electron chi connectivity index (χ1n) is 12.0. The van der Waals surface area contributed by atoms with Crippen LogP contribution in [-0.4, -0.2) is 67.0 Å². The number of halogens is 1. The Labute approximate surface area is 219 Å². The van der Waals surface area contributed by atoms with Gasteiger partial charge >= 0.3 is 5.69 Å². The smallest absolute Gasteiger partial charge is 0.330 e. The van der Waals surface area contributed by atoms with E-state index in [1.165, 1.54) is 12.3 Å². The number of alkyl halides is 1. The van der Waals surface area contributed by atoms with Crippen molar-refractivity contribution in [2.45, 2.75) is 107 Å². The van der Waals surface area contributed by atoms with E-state index in [-0.39, 0.29) is 16.7 Å². The van der Waals surface area contributed by atoms with Crippen LogP contribution >= 0.6 is 11.6 Å². The molecule has 0 radical (unpaired) electrons. The number of carbonyl (C=O) groups excluding carboxylic acids is 1. The minimum absolute atomic E-state index is 0.102. The van der Waals surface area contributed by atoms with Crippen LogP contribution in [0.3, 0.4) is 0 Å². The molecule has 206 valence electrons. The van der Waals surface area contributed by atoms with Crippen molar-refractivity contribution < 1.29 is 23.5 Å². The van der Waals surface area contributed by atoms with E-state index in [1.54, 1.807) is 0 Å². The lowest BCUT2D eigenvalue weighted by atomic mass is 9.88. The van der Waals surface area contributed by atoms with Crippen molar-refractivity contribution in [2.75, 3.05) is 6.61 Å². The molecule has 5 atom stereocenters. The summed E-state index contributed by atoms with van der Waals surface area (Å²) in [6.07, 6.45) is -2.36. The number of aliphatic hydroxyl groups is 1. The maximum absolute atomic E-state index is 12.8. The maximum atomic E-state index is 12.8. The van der Waals surface area contributed by atoms with Crippen molar-refractivity contribution in [3.8, 4) is 0 Å². The highest BCUT2D eigenvalue weighted by Gasteiger charge is 2.64. The number of nitrogens with two attached hydrogens (primary N) is 1. The fourth-order valence-corrected chi connectivity index (χ4v) is 6.01. The molecule has 10 nitrogen and oxygen atoms in total. The number of hydrogen-bond acceptors (Lipinski definition) is 7. The van der Waals surface area contributed by atoms with Gasteiger partial charge in [-0.3, -0.25) is 19.1 Å². The van der Waals surface area contributed by atoms with Crippen molar-refractivity contribution in [1.29, 1.82) is 0 Å². The van der Waals surface area contributed by atoms with E-state index < -0.39 is 63.2 Å². The van der Waals surface area contributed by atoms with Crippen molar-refractivity contribution in [3.63, 3.8) is 0 Å². The molecule has 1 saturated heterocycles. The summed E-state index contributed by atoms with van der Waals surface area (Å²) in [6.45, 7) is 20.2. The number of rotatable bonds is 8. The van der Waals surface area contributed by atoms with Crippen LogP contribution < -0.4 is 17.0 Å². The highest BCUT2D eigenvalue weighted by atomic mass is 35.5. The maximum Gasteiger partial charge on any atom is 0.330 e. The Balaban J connectivity index is 2.69. The molecular formula is C23H42ClN3O7Si2. The summed E-state index contributed by atoms with van der Waals surface area (Å²) in [5.74, 6) is -0.960. The van der Waals surface area contributed by atoms with Gasteiger partial charge in [0.2, 0.25) is 5.91 Å². The average molecular weight is 564 g/mol. The quantitative estimate of drug-likeness (QED) is 0.325. The summed E-state index contributed by atoms with van der Waals surface area (Å²) in [6, 6.07) is 1.17. The predicted octanol–water partition coefficient (Wildman–Crippen LogP) is 2.67. The van der Waals surface area contributed by atoms with E-state index >= 15 is 0 Å². The lowest BCUT2D eigenvalue weighted by Gasteiger charge is -2.44. The lowest BCUT2D eigenvalue weighted by molar-refractivity contribution is -0.131. The number of primary amides is 1. The molecule has 1 aliphatic rings. The Hall–Kier alpha value is -1.29. The molecule has 0 aliphatic carbocycles. The number of nitrogens with zero attached hydrogens (tertiary/aromatic N) is 1. The number of aromatic amines is 1. The van der Waals surface area contributed by atoms with Crippen molar-refractivity contribution in [3.05, 3.63) is 33.1 Å². The summed E-state index contributed by atoms with van der Waals surface area (Å²) in [7, 11) is -4.95. The zero-order chi connectivity index (χ0) is 28.1. The molecule has 0 saturated carbocycles. The van der Waals surface area contributed by atoms with Gasteiger partial charge in [-0.2, -0.15) is 0 Å². The number of carbonyl (C=O) groups is 1. The molecule has 1 aromatic rings. The third-order valence-corrected chi connectivity index (χ3v) is 17.5. The fourth-order valence-electron chi connectivity index (χ4n) is 3.45. The van der Waals surface area contributed by atoms with Crippen LogP contribution in [0.15, 0.2) is 21.9 Å². The third-order valence-electron chi connectivity index (χ3n) is 7.94. The average Bonchev–Trinajstić information content (AvgIpc) is 2.96. The second-order valence-electron chi connectivity index (χ2n) is 12.6. The van der Waals surface area contributed by atoms with E-state index in [9.17, 15) is 19.5 Å². The van der Waals surface area contributed by atoms with E-state index in [0.29, 0.717) is 0 Å². The van der Waals surface area contributed by atoms with Crippen LogP contribution in [0.2, 0.25) is 36.3 Å². The van der Waals surface area contributed by atoms with E-state index in [2.05, 4.69) is 25.8 Å². The van der Waals surface area contributed by atoms with Crippen LogP contribution in [0, 0.1) is 0 Å². The second kappa shape index (κ2) is 10.1. The van der Waals surface area contributed by atoms with Crippen molar-refractivity contribution in [1.82, 2.24) is 9.55 Å². The number of amides is 1. The van der Waals surface area contributed by atoms with Crippen molar-refractivity contribution >= 4 is 34.1 Å². The minimum Gasteiger partial charge on any atom is -0.414 e. The topological polar surface area (TPSA) is 146 Å². The summed E-state index contributed by atoms with van der Waals surface area (Å²) < 4.78 is 20.3. The molecule has 1 aliphatic heterocycles. The number of nitrogens with one attached hydrogen (secondary N) is 1. The molecule has 0 bridgehead atoms. The molecule has 5 unspecified atom stereocenters. The van der Waals surface area contributed by atoms with Gasteiger partial charge in [0.1, 0.15) is 23.2 Å². The zero-order valence-corrected chi connectivity index (χ0v) is 25.7. The molecule has 1 amide bonds. The standard InChI is InChI=1S/C23H42ClN3O7Si2/c1-21(2,3)35(7,8)32-13-14-23(31,16(24)18(25)29)17(34-36(9,10)22(4,5)6)19(33-14)27-12-11-15(28)26-20(27)30/h11-12,14,16-17,19,31H,13H2,1-10H3,(H2,25,29)(H,26,28,30). The minimum atomic E-state index is -2.63. The monoisotopic (exact) mass is 563 g/mol. The van der Waals surface area contributed by atoms with Gasteiger partial charge in [0.25, 0.3) is 5.56 Å². The Kier molecular flexibility index (Phi) is 8.69. The molecule has 0 spiro atoms. The molecule has 2 rings (SSSR count). The fraction of sp³-hybridized carbons (Fsp3) is 0.783. The zero-order valence-electron chi connectivity index (χ0n) is 23.0. The normalized spacial score (nSPS) is 26.7. The summed E-state index contributed by atoms with van der Waals surface area (Å²) in [4.78, 5) is 39.0. The van der Waals surface area contributed by atoms with Gasteiger partial charge in [-0.15, -0.1) is 11.6 Å². The van der Waals surface area contributed by atoms with E-state index in [4.69, 9.17) is 30.9 Å². The number of ether oxygens (including phenoxy) is 1. The van der Waals surface area contributed by atoms with Gasteiger partial charge in [0.15, 0.2) is 22.9 Å². The molecule has 2 heterocycles. The van der Waals surface area contributed by atoms with Crippen molar-refractivity contribution in [2.24, 2.45) is 5.73 Å². The summed E-state index contributed by atoms with van der Waals surface area (Å²) in [5.41, 5.74) is 2.11. The van der Waals surface area contributed by atoms with Gasteiger partial charge < -0.3 is 24.4 Å². The Morgan fingerprint density at radius 3 is 2.17 bits per heavy atom. The van der Waals surface area contributed by atoms with Gasteiger partial charge in [0.05, 0.1) is 6.61 Å². The predicted molar refractivity (Wildman–Crippen MR) is 144 cm³/mol. The molecule has 4 N–H and O–H groups in total. The second-order valence-corrected chi connectivity index (χ2v) is 22.6. The van der Waals surface area contributed by atoms with Crippen LogP contribution in [0.1, 0.15) is 47.8 Å². The van der Waals surface area contributed by atoms with Gasteiger partial charge in [-0.25, -0.2) is 4.79 Å². The van der Waals surface area contributed by atoms with Crippen LogP contribution in [-0.2, 0) is 18.4 Å². The van der Waals surface area contributed by atoms with Gasteiger partial charge in [0, 0.05) is 12.3 Å². The molecule has 1 fully saturated rings. The summed E-state index contributed by atoms with van der Waals surface area (Å²) in [5, 5.41) is 10.1. The first-order chi connectivity index (χ1) is 16.1. The first kappa shape index (κ1) is 30.9. The van der Waals surface area contributed by atoms with E-state index in [0.717, 1.165) is 4.57 Å². The molecule has 1 aromatic heterocycles. The lowest BCUT2D eigenvalue weighted by Crippen LogP contribution is -2.63. The largest absolute Gasteiger partial charge is 0.414 e. The molecule has 0 aromatic carbocycles. The van der Waals surface area contributed by atoms with Crippen LogP contribution in [0.4, 0.5) is 0 Å². The number of H-pyrrole nitrogens is 1. The SMILES string of the molecule is CC(C)(C)[Si](C)(C)OCC1OC(n2ccc(=O)[nH]c2=O)C(O[Si](C)(C)C(C)(C)C)C1(O)C(Cl)C(N)=O. The molecule has 36 heavy (non-hydrogen) atoms. The Morgan fingerprint density at radius 2 is 1.72 bits per heavy atom. The Morgan fingerprint density at radius 1 is 1.19 bits per heavy atom. The number of aromatic nitrogens is 2. The highest BCUT2D eigenvalue weighted by Crippen LogP contribution is 2.48. The summed E-state index contributed by atoms with van der Waals surface area (Å²) >= 11 is 6.49. The van der Waals surface area contributed by atoms with Gasteiger partial charge in [-0.1, -0.05) is 41.5 Å². The van der Waals surface area contributed by atoms with Crippen LogP contribution in [0.25, 0.3) is 0 Å². The van der Waals surface area contributed by atoms with E-state index in [1.807, 2.05) is 47.0 Å². The van der Waals surface area contributed by atoms with Gasteiger partial charge in [-0.05, 0) is 36.3 Å². The number of hydrogen-bond donors (Lipinski definition) is 3. The highest BCUT2D eigenvalue weighted by molar-refractivity contribution is 6.74. The molecule has 13 heteroatoms. The molecular weight excluding hydrogens is 522 g/mol. The van der Waals surface area contributed by atoms with Crippen LogP contribution in [0.5, 0.6) is 0 Å².